The summed E-state index contributed by atoms with van der Waals surface area (Å²) in [4.78, 5) is 16.4. The Labute approximate surface area is 242 Å². The number of H-pyrrole nitrogens is 1. The fraction of sp³-hybridized carbons (Fsp3) is 0.120. The number of ether oxygens (including phenoxy) is 2. The lowest BCUT2D eigenvalue weighted by atomic mass is 10.1. The van der Waals surface area contributed by atoms with Crippen LogP contribution in [0.25, 0.3) is 27.2 Å². The van der Waals surface area contributed by atoms with Crippen molar-refractivity contribution in [2.75, 3.05) is 14.2 Å². The van der Waals surface area contributed by atoms with Crippen LogP contribution < -0.4 is 10.3 Å². The zero-order valence-corrected chi connectivity index (χ0v) is 24.2. The van der Waals surface area contributed by atoms with Crippen molar-refractivity contribution in [3.63, 3.8) is 0 Å². The largest absolute Gasteiger partial charge is 0.497 e. The van der Waals surface area contributed by atoms with E-state index in [9.17, 15) is 30.7 Å². The Kier molecular flexibility index (Phi) is 7.80. The highest BCUT2D eigenvalue weighted by Gasteiger charge is 2.21. The fourth-order valence-electron chi connectivity index (χ4n) is 4.05. The van der Waals surface area contributed by atoms with E-state index in [2.05, 4.69) is 20.3 Å². The van der Waals surface area contributed by atoms with Crippen molar-refractivity contribution >= 4 is 53.7 Å². The number of hydrogen-bond donors (Lipinski definition) is 3. The predicted molar refractivity (Wildman–Crippen MR) is 153 cm³/mol. The molecule has 0 saturated heterocycles. The molecule has 0 bridgehead atoms. The first-order valence-corrected chi connectivity index (χ1v) is 15.5. The molecule has 17 heteroatoms. The van der Waals surface area contributed by atoms with Crippen LogP contribution in [0.5, 0.6) is 5.75 Å². The molecular formula is C25H21N5O9S3. The van der Waals surface area contributed by atoms with Gasteiger partial charge in [0.1, 0.15) is 10.6 Å². The van der Waals surface area contributed by atoms with Gasteiger partial charge in [0.15, 0.2) is 5.69 Å². The van der Waals surface area contributed by atoms with Crippen molar-refractivity contribution in [3.05, 3.63) is 76.0 Å². The second-order valence-corrected chi connectivity index (χ2v) is 12.4. The van der Waals surface area contributed by atoms with Crippen molar-refractivity contribution in [3.8, 4) is 22.1 Å². The molecule has 0 saturated carbocycles. The highest BCUT2D eigenvalue weighted by Crippen LogP contribution is 2.31. The third-order valence-electron chi connectivity index (χ3n) is 6.01. The number of hydrogen-bond acceptors (Lipinski definition) is 11. The summed E-state index contributed by atoms with van der Waals surface area (Å²) in [7, 11) is -6.65. The average Bonchev–Trinajstić information content (AvgIpc) is 3.55. The molecule has 3 N–H and O–H groups in total. The third kappa shape index (κ3) is 5.87. The normalized spacial score (nSPS) is 12.4. The molecule has 0 amide bonds. The van der Waals surface area contributed by atoms with Gasteiger partial charge in [-0.3, -0.25) is 19.0 Å². The maximum Gasteiger partial charge on any atom is 0.301 e. The molecule has 218 valence electrons. The predicted octanol–water partition coefficient (Wildman–Crippen LogP) is 4.51. The van der Waals surface area contributed by atoms with Crippen LogP contribution in [0.4, 0.5) is 11.4 Å². The Hall–Kier alpha value is -4.26. The molecule has 5 aromatic rings. The summed E-state index contributed by atoms with van der Waals surface area (Å²) in [5.41, 5.74) is 1.23. The average molecular weight is 632 g/mol. The molecule has 0 radical (unpaired) electrons. The van der Waals surface area contributed by atoms with Gasteiger partial charge in [0.2, 0.25) is 5.13 Å². The summed E-state index contributed by atoms with van der Waals surface area (Å²) in [5, 5.41) is 13.2. The van der Waals surface area contributed by atoms with Crippen LogP contribution in [0, 0.1) is 0 Å². The molecule has 14 nitrogen and oxygen atoms in total. The summed E-state index contributed by atoms with van der Waals surface area (Å²) in [6, 6.07) is 12.9. The van der Waals surface area contributed by atoms with Crippen LogP contribution in [0.1, 0.15) is 5.69 Å². The number of aromatic nitrogens is 3. The van der Waals surface area contributed by atoms with Gasteiger partial charge in [-0.25, -0.2) is 4.98 Å². The quantitative estimate of drug-likeness (QED) is 0.153. The topological polar surface area (TPSA) is 203 Å². The van der Waals surface area contributed by atoms with Crippen molar-refractivity contribution in [1.29, 1.82) is 0 Å². The van der Waals surface area contributed by atoms with Crippen LogP contribution in [-0.4, -0.2) is 54.9 Å². The maximum atomic E-state index is 13.3. The van der Waals surface area contributed by atoms with E-state index in [1.165, 1.54) is 41.3 Å². The minimum absolute atomic E-state index is 0.0134. The summed E-state index contributed by atoms with van der Waals surface area (Å²) in [6.45, 7) is -0.0134. The van der Waals surface area contributed by atoms with E-state index in [0.29, 0.717) is 28.3 Å². The van der Waals surface area contributed by atoms with Gasteiger partial charge < -0.3 is 9.47 Å². The molecule has 2 aromatic heterocycles. The second-order valence-electron chi connectivity index (χ2n) is 8.73. The Bertz CT molecular complexity index is 2110. The zero-order valence-electron chi connectivity index (χ0n) is 21.7. The molecule has 0 fully saturated rings. The van der Waals surface area contributed by atoms with E-state index in [1.54, 1.807) is 24.6 Å². The second kappa shape index (κ2) is 11.2. The number of azo groups is 1. The van der Waals surface area contributed by atoms with Crippen molar-refractivity contribution < 1.29 is 35.4 Å². The van der Waals surface area contributed by atoms with Crippen LogP contribution in [-0.2, 0) is 31.6 Å². The van der Waals surface area contributed by atoms with Gasteiger partial charge in [0.05, 0.1) is 35.7 Å². The van der Waals surface area contributed by atoms with Gasteiger partial charge in [-0.05, 0) is 53.9 Å². The van der Waals surface area contributed by atoms with Gasteiger partial charge in [-0.2, -0.15) is 26.6 Å². The highest BCUT2D eigenvalue weighted by molar-refractivity contribution is 7.86. The first kappa shape index (κ1) is 29.2. The molecule has 2 heterocycles. The number of nitrogens with zero attached hydrogens (tertiary/aromatic N) is 4. The molecular weight excluding hydrogens is 611 g/mol. The summed E-state index contributed by atoms with van der Waals surface area (Å²) < 4.78 is 77.7. The van der Waals surface area contributed by atoms with Crippen molar-refractivity contribution in [1.82, 2.24) is 14.8 Å². The number of aromatic amines is 1. The van der Waals surface area contributed by atoms with E-state index in [0.717, 1.165) is 11.6 Å². The summed E-state index contributed by atoms with van der Waals surface area (Å²) in [5.74, 6) is 0.693. The van der Waals surface area contributed by atoms with Crippen molar-refractivity contribution in [2.24, 2.45) is 10.2 Å². The van der Waals surface area contributed by atoms with Gasteiger partial charge in [0.25, 0.3) is 20.2 Å². The smallest absolute Gasteiger partial charge is 0.301 e. The Morgan fingerprint density at radius 3 is 2.36 bits per heavy atom. The van der Waals surface area contributed by atoms with Gasteiger partial charge in [-0.1, -0.05) is 6.07 Å². The van der Waals surface area contributed by atoms with Crippen LogP contribution >= 0.6 is 11.3 Å². The Morgan fingerprint density at radius 2 is 1.71 bits per heavy atom. The maximum absolute atomic E-state index is 13.3. The summed E-state index contributed by atoms with van der Waals surface area (Å²) >= 11 is 1.22. The zero-order chi connectivity index (χ0) is 30.2. The summed E-state index contributed by atoms with van der Waals surface area (Å²) in [6.07, 6.45) is 0. The minimum Gasteiger partial charge on any atom is -0.497 e. The highest BCUT2D eigenvalue weighted by atomic mass is 32.2. The van der Waals surface area contributed by atoms with Crippen molar-refractivity contribution in [2.45, 2.75) is 16.4 Å². The number of benzene rings is 3. The standard InChI is InChI=1S/C25H21N5O9S3/c1-38-12-20-23(24(31)30(29-20)25-26-21(13-40-25)14-3-6-17(39-2)7-4-14)28-27-16-5-8-19-15(9-16)10-18(41(32,33)34)11-22(19)42(35,36)37/h3-11,13,29H,12H2,1-2H3,(H,32,33,34)(H,35,36,37). The molecule has 3 aromatic carbocycles. The van der Waals surface area contributed by atoms with Crippen LogP contribution in [0.15, 0.2) is 84.8 Å². The third-order valence-corrected chi connectivity index (χ3v) is 8.56. The first-order valence-electron chi connectivity index (χ1n) is 11.8. The van der Waals surface area contributed by atoms with Gasteiger partial charge in [-0.15, -0.1) is 16.5 Å². The Balaban J connectivity index is 1.53. The van der Waals surface area contributed by atoms with Gasteiger partial charge >= 0.3 is 5.56 Å². The molecule has 0 atom stereocenters. The first-order chi connectivity index (χ1) is 19.9. The van der Waals surface area contributed by atoms with E-state index in [-0.39, 0.29) is 28.8 Å². The molecule has 0 aliphatic heterocycles. The fourth-order valence-corrected chi connectivity index (χ4v) is 6.19. The van der Waals surface area contributed by atoms with Gasteiger partial charge in [0, 0.05) is 23.4 Å². The number of nitrogens with one attached hydrogen (secondary N) is 1. The van der Waals surface area contributed by atoms with E-state index in [4.69, 9.17) is 9.47 Å². The molecule has 0 aliphatic rings. The van der Waals surface area contributed by atoms with Crippen LogP contribution in [0.2, 0.25) is 0 Å². The van der Waals surface area contributed by atoms with E-state index in [1.807, 2.05) is 12.1 Å². The lowest BCUT2D eigenvalue weighted by Crippen LogP contribution is -2.13. The lowest BCUT2D eigenvalue weighted by Gasteiger charge is -2.07. The van der Waals surface area contributed by atoms with E-state index < -0.39 is 35.6 Å². The molecule has 5 rings (SSSR count). The Morgan fingerprint density at radius 1 is 0.976 bits per heavy atom. The van der Waals surface area contributed by atoms with E-state index >= 15 is 0 Å². The number of rotatable bonds is 9. The molecule has 42 heavy (non-hydrogen) atoms. The minimum atomic E-state index is -4.84. The molecule has 0 unspecified atom stereocenters. The van der Waals surface area contributed by atoms with Crippen LogP contribution in [0.3, 0.4) is 0 Å². The monoisotopic (exact) mass is 631 g/mol. The molecule has 0 spiro atoms. The number of fused-ring (bicyclic) bond motifs is 1. The lowest BCUT2D eigenvalue weighted by molar-refractivity contribution is 0.181. The SMILES string of the molecule is COCc1[nH]n(-c2nc(-c3ccc(OC)cc3)cs2)c(=O)c1N=Nc1ccc2c(S(=O)(=O)O)cc(S(=O)(=O)O)cc2c1. The number of methoxy groups -OCH3 is 2. The molecule has 0 aliphatic carbocycles. The number of thiazole rings is 1.